The molecule has 0 aromatic heterocycles. The largest absolute Gasteiger partial charge is 0.339 e. The Bertz CT molecular complexity index is 960. The van der Waals surface area contributed by atoms with Crippen LogP contribution in [0.2, 0.25) is 0 Å². The molecule has 2 aromatic carbocycles. The average molecular weight is 401 g/mol. The topological polar surface area (TPSA) is 57.7 Å². The smallest absolute Gasteiger partial charge is 0.264 e. The zero-order valence-electron chi connectivity index (χ0n) is 17.0. The number of carbonyl (C=O) groups is 1. The molecule has 1 amide bonds. The SMILES string of the molecule is Cc1ccc(S(=O)(=O)N(C)c2cc(C(=O)N3CCC(C)CC3)ccc2C)cc1. The summed E-state index contributed by atoms with van der Waals surface area (Å²) in [4.78, 5) is 15.0. The summed E-state index contributed by atoms with van der Waals surface area (Å²) in [5, 5.41) is 0. The quantitative estimate of drug-likeness (QED) is 0.779. The number of nitrogens with zero attached hydrogens (tertiary/aromatic N) is 2. The summed E-state index contributed by atoms with van der Waals surface area (Å²) >= 11 is 0. The Hall–Kier alpha value is -2.34. The zero-order chi connectivity index (χ0) is 20.5. The maximum Gasteiger partial charge on any atom is 0.264 e. The molecule has 0 N–H and O–H groups in total. The molecule has 0 bridgehead atoms. The molecule has 1 aliphatic heterocycles. The molecule has 6 heteroatoms. The van der Waals surface area contributed by atoms with Crippen molar-refractivity contribution in [3.05, 3.63) is 59.2 Å². The maximum absolute atomic E-state index is 13.0. The summed E-state index contributed by atoms with van der Waals surface area (Å²) in [7, 11) is -2.16. The molecule has 1 fully saturated rings. The second-order valence-corrected chi connectivity index (χ2v) is 9.73. The van der Waals surface area contributed by atoms with Crippen LogP contribution in [0.25, 0.3) is 0 Å². The molecule has 0 saturated carbocycles. The summed E-state index contributed by atoms with van der Waals surface area (Å²) < 4.78 is 27.4. The number of piperidine rings is 1. The van der Waals surface area contributed by atoms with Crippen LogP contribution in [0.5, 0.6) is 0 Å². The van der Waals surface area contributed by atoms with Gasteiger partial charge in [-0.05, 0) is 62.4 Å². The Morgan fingerprint density at radius 2 is 1.64 bits per heavy atom. The molecule has 0 atom stereocenters. The van der Waals surface area contributed by atoms with Gasteiger partial charge in [0.25, 0.3) is 15.9 Å². The molecule has 0 spiro atoms. The van der Waals surface area contributed by atoms with Crippen molar-refractivity contribution in [1.82, 2.24) is 4.90 Å². The maximum atomic E-state index is 13.0. The van der Waals surface area contributed by atoms with Crippen molar-refractivity contribution >= 4 is 21.6 Å². The van der Waals surface area contributed by atoms with Crippen LogP contribution in [-0.2, 0) is 10.0 Å². The first-order valence-electron chi connectivity index (χ1n) is 9.65. The fourth-order valence-electron chi connectivity index (χ4n) is 3.47. The lowest BCUT2D eigenvalue weighted by Gasteiger charge is -2.30. The third-order valence-corrected chi connectivity index (χ3v) is 7.33. The number of hydrogen-bond donors (Lipinski definition) is 0. The van der Waals surface area contributed by atoms with E-state index in [4.69, 9.17) is 0 Å². The van der Waals surface area contributed by atoms with E-state index in [2.05, 4.69) is 6.92 Å². The number of carbonyl (C=O) groups excluding carboxylic acids is 1. The molecule has 1 aliphatic rings. The molecule has 1 saturated heterocycles. The number of amides is 1. The van der Waals surface area contributed by atoms with Gasteiger partial charge in [0, 0.05) is 25.7 Å². The van der Waals surface area contributed by atoms with Crippen molar-refractivity contribution in [2.45, 2.75) is 38.5 Å². The Balaban J connectivity index is 1.90. The summed E-state index contributed by atoms with van der Waals surface area (Å²) in [5.74, 6) is 0.609. The lowest BCUT2D eigenvalue weighted by atomic mass is 9.98. The number of anilines is 1. The van der Waals surface area contributed by atoms with Crippen LogP contribution < -0.4 is 4.31 Å². The van der Waals surface area contributed by atoms with E-state index >= 15 is 0 Å². The molecule has 3 rings (SSSR count). The van der Waals surface area contributed by atoms with Gasteiger partial charge in [0.05, 0.1) is 10.6 Å². The Morgan fingerprint density at radius 3 is 2.25 bits per heavy atom. The van der Waals surface area contributed by atoms with Crippen molar-refractivity contribution < 1.29 is 13.2 Å². The Kier molecular flexibility index (Phi) is 5.79. The first-order valence-corrected chi connectivity index (χ1v) is 11.1. The van der Waals surface area contributed by atoms with Gasteiger partial charge < -0.3 is 4.90 Å². The minimum atomic E-state index is -3.70. The van der Waals surface area contributed by atoms with Crippen LogP contribution in [0.3, 0.4) is 0 Å². The number of likely N-dealkylation sites (tertiary alicyclic amines) is 1. The average Bonchev–Trinajstić information content (AvgIpc) is 2.68. The van der Waals surface area contributed by atoms with E-state index in [1.165, 1.54) is 11.4 Å². The van der Waals surface area contributed by atoms with Crippen LogP contribution in [-0.4, -0.2) is 39.4 Å². The van der Waals surface area contributed by atoms with E-state index in [9.17, 15) is 13.2 Å². The van der Waals surface area contributed by atoms with E-state index in [0.717, 1.165) is 37.1 Å². The fourth-order valence-corrected chi connectivity index (χ4v) is 4.73. The van der Waals surface area contributed by atoms with Crippen LogP contribution in [0, 0.1) is 19.8 Å². The van der Waals surface area contributed by atoms with Crippen molar-refractivity contribution in [2.75, 3.05) is 24.4 Å². The second-order valence-electron chi connectivity index (χ2n) is 7.76. The van der Waals surface area contributed by atoms with Gasteiger partial charge in [0.2, 0.25) is 0 Å². The molecule has 5 nitrogen and oxygen atoms in total. The minimum Gasteiger partial charge on any atom is -0.339 e. The molecule has 1 heterocycles. The molecular weight excluding hydrogens is 372 g/mol. The third-order valence-electron chi connectivity index (χ3n) is 5.55. The van der Waals surface area contributed by atoms with Crippen molar-refractivity contribution in [1.29, 1.82) is 0 Å². The van der Waals surface area contributed by atoms with Crippen LogP contribution in [0.1, 0.15) is 41.3 Å². The van der Waals surface area contributed by atoms with E-state index in [1.807, 2.05) is 24.8 Å². The highest BCUT2D eigenvalue weighted by atomic mass is 32.2. The molecule has 2 aromatic rings. The van der Waals surface area contributed by atoms with Crippen molar-refractivity contribution in [2.24, 2.45) is 5.92 Å². The van der Waals surface area contributed by atoms with Gasteiger partial charge in [-0.15, -0.1) is 0 Å². The van der Waals surface area contributed by atoms with Crippen molar-refractivity contribution in [3.63, 3.8) is 0 Å². The van der Waals surface area contributed by atoms with Gasteiger partial charge in [-0.3, -0.25) is 9.10 Å². The van der Waals surface area contributed by atoms with Crippen molar-refractivity contribution in [3.8, 4) is 0 Å². The first-order chi connectivity index (χ1) is 13.2. The van der Waals surface area contributed by atoms with Crippen LogP contribution in [0.4, 0.5) is 5.69 Å². The lowest BCUT2D eigenvalue weighted by Crippen LogP contribution is -2.38. The van der Waals surface area contributed by atoms with Gasteiger partial charge in [0.1, 0.15) is 0 Å². The predicted molar refractivity (Wildman–Crippen MR) is 112 cm³/mol. The molecule has 0 unspecified atom stereocenters. The Labute approximate surface area is 168 Å². The third kappa shape index (κ3) is 4.07. The number of rotatable bonds is 4. The molecule has 150 valence electrons. The van der Waals surface area contributed by atoms with Crippen LogP contribution >= 0.6 is 0 Å². The summed E-state index contributed by atoms with van der Waals surface area (Å²) in [6.45, 7) is 7.48. The minimum absolute atomic E-state index is 0.0331. The number of benzene rings is 2. The highest BCUT2D eigenvalue weighted by Gasteiger charge is 2.25. The number of sulfonamides is 1. The number of aryl methyl sites for hydroxylation is 2. The van der Waals surface area contributed by atoms with Gasteiger partial charge >= 0.3 is 0 Å². The summed E-state index contributed by atoms with van der Waals surface area (Å²) in [6, 6.07) is 12.1. The van der Waals surface area contributed by atoms with E-state index in [-0.39, 0.29) is 10.8 Å². The van der Waals surface area contributed by atoms with E-state index < -0.39 is 10.0 Å². The van der Waals surface area contributed by atoms with E-state index in [0.29, 0.717) is 17.2 Å². The lowest BCUT2D eigenvalue weighted by molar-refractivity contribution is 0.0697. The monoisotopic (exact) mass is 400 g/mol. The highest BCUT2D eigenvalue weighted by molar-refractivity contribution is 7.92. The molecule has 28 heavy (non-hydrogen) atoms. The normalized spacial score (nSPS) is 15.5. The second kappa shape index (κ2) is 7.95. The van der Waals surface area contributed by atoms with E-state index in [1.54, 1.807) is 36.4 Å². The molecular formula is C22H28N2O3S. The molecule has 0 radical (unpaired) electrons. The van der Waals surface area contributed by atoms with Gasteiger partial charge in [0.15, 0.2) is 0 Å². The summed E-state index contributed by atoms with van der Waals surface area (Å²) in [6.07, 6.45) is 2.01. The van der Waals surface area contributed by atoms with Gasteiger partial charge in [-0.2, -0.15) is 0 Å². The van der Waals surface area contributed by atoms with Gasteiger partial charge in [-0.1, -0.05) is 30.7 Å². The summed E-state index contributed by atoms with van der Waals surface area (Å²) in [5.41, 5.74) is 2.86. The molecule has 0 aliphatic carbocycles. The number of hydrogen-bond acceptors (Lipinski definition) is 3. The predicted octanol–water partition coefficient (Wildman–Crippen LogP) is 4.00. The Morgan fingerprint density at radius 1 is 1.04 bits per heavy atom. The first kappa shape index (κ1) is 20.4. The zero-order valence-corrected chi connectivity index (χ0v) is 17.8. The highest BCUT2D eigenvalue weighted by Crippen LogP contribution is 2.28. The standard InChI is InChI=1S/C22H28N2O3S/c1-16-5-9-20(10-6-16)28(26,27)23(4)21-15-19(8-7-18(21)3)22(25)24-13-11-17(2)12-14-24/h5-10,15,17H,11-14H2,1-4H3. The fraction of sp³-hybridized carbons (Fsp3) is 0.409. The van der Waals surface area contributed by atoms with Crippen LogP contribution in [0.15, 0.2) is 47.4 Å². The van der Waals surface area contributed by atoms with Gasteiger partial charge in [-0.25, -0.2) is 8.42 Å².